The molecule has 1 aromatic carbocycles. The summed E-state index contributed by atoms with van der Waals surface area (Å²) in [4.78, 5) is 25.8. The fourth-order valence-electron chi connectivity index (χ4n) is 2.02. The van der Waals surface area contributed by atoms with Crippen molar-refractivity contribution < 1.29 is 19.1 Å². The number of imide groups is 1. The van der Waals surface area contributed by atoms with Crippen LogP contribution in [0.25, 0.3) is 6.08 Å². The number of amides is 2. The predicted molar refractivity (Wildman–Crippen MR) is 87.2 cm³/mol. The molecule has 0 bridgehead atoms. The molecular formula is C15H16ClNO4S. The second-order valence-electron chi connectivity index (χ2n) is 4.57. The van der Waals surface area contributed by atoms with Crippen LogP contribution < -0.4 is 4.74 Å². The summed E-state index contributed by atoms with van der Waals surface area (Å²) in [5.41, 5.74) is 0.664. The summed E-state index contributed by atoms with van der Waals surface area (Å²) in [7, 11) is 3.12. The van der Waals surface area contributed by atoms with Crippen molar-refractivity contribution >= 4 is 40.6 Å². The molecule has 2 amide bonds. The van der Waals surface area contributed by atoms with E-state index in [9.17, 15) is 9.59 Å². The third kappa shape index (κ3) is 3.82. The van der Waals surface area contributed by atoms with Gasteiger partial charge in [-0.15, -0.1) is 0 Å². The number of nitrogens with zero attached hydrogens (tertiary/aromatic N) is 1. The molecule has 0 radical (unpaired) electrons. The normalized spacial score (nSPS) is 16.7. The Balaban J connectivity index is 2.21. The number of hydrogen-bond acceptors (Lipinski definition) is 5. The maximum absolute atomic E-state index is 12.3. The summed E-state index contributed by atoms with van der Waals surface area (Å²) in [6.45, 7) is 0.853. The van der Waals surface area contributed by atoms with Crippen LogP contribution in [0.5, 0.6) is 5.75 Å². The van der Waals surface area contributed by atoms with Gasteiger partial charge in [-0.05, 0) is 42.5 Å². The van der Waals surface area contributed by atoms with Crippen LogP contribution in [0.3, 0.4) is 0 Å². The van der Waals surface area contributed by atoms with E-state index in [0.717, 1.165) is 11.8 Å². The van der Waals surface area contributed by atoms with Gasteiger partial charge >= 0.3 is 0 Å². The van der Waals surface area contributed by atoms with E-state index in [0.29, 0.717) is 40.8 Å². The van der Waals surface area contributed by atoms with Crippen LogP contribution in [0.2, 0.25) is 5.02 Å². The number of halogens is 1. The zero-order chi connectivity index (χ0) is 16.1. The van der Waals surface area contributed by atoms with E-state index >= 15 is 0 Å². The average molecular weight is 342 g/mol. The van der Waals surface area contributed by atoms with Crippen LogP contribution in [0, 0.1) is 0 Å². The Kier molecular flexibility index (Phi) is 5.88. The lowest BCUT2D eigenvalue weighted by Gasteiger charge is -2.11. The maximum Gasteiger partial charge on any atom is 0.293 e. The lowest BCUT2D eigenvalue weighted by molar-refractivity contribution is -0.122. The summed E-state index contributed by atoms with van der Waals surface area (Å²) in [6, 6.07) is 5.12. The first kappa shape index (κ1) is 16.9. The van der Waals surface area contributed by atoms with E-state index in [2.05, 4.69) is 0 Å². The minimum atomic E-state index is -0.298. The highest BCUT2D eigenvalue weighted by Crippen LogP contribution is 2.34. The zero-order valence-corrected chi connectivity index (χ0v) is 13.9. The van der Waals surface area contributed by atoms with Crippen molar-refractivity contribution in [1.82, 2.24) is 4.90 Å². The average Bonchev–Trinajstić information content (AvgIpc) is 2.75. The van der Waals surface area contributed by atoms with Gasteiger partial charge in [0.1, 0.15) is 5.75 Å². The van der Waals surface area contributed by atoms with Gasteiger partial charge in [0.2, 0.25) is 0 Å². The van der Waals surface area contributed by atoms with E-state index in [-0.39, 0.29) is 11.1 Å². The molecule has 7 heteroatoms. The molecule has 1 aromatic rings. The van der Waals surface area contributed by atoms with Gasteiger partial charge in [-0.25, -0.2) is 0 Å². The highest BCUT2D eigenvalue weighted by molar-refractivity contribution is 8.18. The van der Waals surface area contributed by atoms with Gasteiger partial charge in [-0.1, -0.05) is 11.6 Å². The minimum absolute atomic E-state index is 0.270. The quantitative estimate of drug-likeness (QED) is 0.586. The number of thioether (sulfide) groups is 1. The molecule has 0 N–H and O–H groups in total. The Morgan fingerprint density at radius 3 is 2.77 bits per heavy atom. The van der Waals surface area contributed by atoms with Gasteiger partial charge in [0, 0.05) is 30.8 Å². The van der Waals surface area contributed by atoms with Crippen LogP contribution in [0.4, 0.5) is 4.79 Å². The van der Waals surface area contributed by atoms with Crippen LogP contribution in [-0.2, 0) is 9.53 Å². The smallest absolute Gasteiger partial charge is 0.293 e. The molecule has 0 spiro atoms. The molecule has 0 saturated carbocycles. The number of methoxy groups -OCH3 is 2. The van der Waals surface area contributed by atoms with Gasteiger partial charge in [-0.3, -0.25) is 14.5 Å². The molecule has 22 heavy (non-hydrogen) atoms. The van der Waals surface area contributed by atoms with E-state index in [1.165, 1.54) is 12.0 Å². The standard InChI is InChI=1S/C15H16ClNO4S/c1-20-7-3-6-17-14(18)13(22-15(17)19)9-10-8-11(16)4-5-12(10)21-2/h4-5,8-9H,3,6-7H2,1-2H3/b13-9+. The third-order valence-corrected chi connectivity index (χ3v) is 4.22. The summed E-state index contributed by atoms with van der Waals surface area (Å²) in [5.74, 6) is 0.295. The van der Waals surface area contributed by atoms with Gasteiger partial charge in [-0.2, -0.15) is 0 Å². The van der Waals surface area contributed by atoms with Crippen LogP contribution in [0.1, 0.15) is 12.0 Å². The maximum atomic E-state index is 12.3. The molecule has 2 rings (SSSR count). The Bertz CT molecular complexity index is 618. The molecule has 1 heterocycles. The molecule has 118 valence electrons. The summed E-state index contributed by atoms with van der Waals surface area (Å²) >= 11 is 6.89. The van der Waals surface area contributed by atoms with Crippen LogP contribution in [-0.4, -0.2) is 43.4 Å². The Morgan fingerprint density at radius 1 is 1.32 bits per heavy atom. The number of hydrogen-bond donors (Lipinski definition) is 0. The molecule has 1 aliphatic heterocycles. The van der Waals surface area contributed by atoms with E-state index < -0.39 is 0 Å². The zero-order valence-electron chi connectivity index (χ0n) is 12.3. The van der Waals surface area contributed by atoms with Crippen molar-refractivity contribution in [3.05, 3.63) is 33.7 Å². The van der Waals surface area contributed by atoms with Crippen molar-refractivity contribution in [2.24, 2.45) is 0 Å². The van der Waals surface area contributed by atoms with Crippen molar-refractivity contribution in [2.45, 2.75) is 6.42 Å². The molecule has 0 atom stereocenters. The summed E-state index contributed by atoms with van der Waals surface area (Å²) < 4.78 is 10.2. The second-order valence-corrected chi connectivity index (χ2v) is 6.00. The lowest BCUT2D eigenvalue weighted by Crippen LogP contribution is -2.29. The minimum Gasteiger partial charge on any atom is -0.496 e. The van der Waals surface area contributed by atoms with Gasteiger partial charge < -0.3 is 9.47 Å². The molecule has 1 fully saturated rings. The summed E-state index contributed by atoms with van der Waals surface area (Å²) in [6.07, 6.45) is 2.24. The molecular weight excluding hydrogens is 326 g/mol. The fourth-order valence-corrected chi connectivity index (χ4v) is 3.06. The molecule has 0 unspecified atom stereocenters. The monoisotopic (exact) mass is 341 g/mol. The number of rotatable bonds is 6. The van der Waals surface area contributed by atoms with Gasteiger partial charge in [0.15, 0.2) is 0 Å². The number of carbonyl (C=O) groups excluding carboxylic acids is 2. The first-order valence-electron chi connectivity index (χ1n) is 6.64. The molecule has 5 nitrogen and oxygen atoms in total. The van der Waals surface area contributed by atoms with Gasteiger partial charge in [0.05, 0.1) is 12.0 Å². The van der Waals surface area contributed by atoms with Crippen LogP contribution >= 0.6 is 23.4 Å². The van der Waals surface area contributed by atoms with Crippen molar-refractivity contribution in [1.29, 1.82) is 0 Å². The largest absolute Gasteiger partial charge is 0.496 e. The van der Waals surface area contributed by atoms with Crippen molar-refractivity contribution in [3.63, 3.8) is 0 Å². The Morgan fingerprint density at radius 2 is 2.09 bits per heavy atom. The molecule has 1 aliphatic rings. The number of benzene rings is 1. The van der Waals surface area contributed by atoms with E-state index in [1.54, 1.807) is 31.4 Å². The van der Waals surface area contributed by atoms with E-state index in [1.807, 2.05) is 0 Å². The van der Waals surface area contributed by atoms with Crippen molar-refractivity contribution in [2.75, 3.05) is 27.4 Å². The first-order chi connectivity index (χ1) is 10.6. The first-order valence-corrected chi connectivity index (χ1v) is 7.84. The lowest BCUT2D eigenvalue weighted by atomic mass is 10.2. The second kappa shape index (κ2) is 7.67. The molecule has 0 aromatic heterocycles. The Hall–Kier alpha value is -1.50. The summed E-state index contributed by atoms with van der Waals surface area (Å²) in [5, 5.41) is 0.264. The highest BCUT2D eigenvalue weighted by Gasteiger charge is 2.34. The fraction of sp³-hybridized carbons (Fsp3) is 0.333. The number of carbonyl (C=O) groups is 2. The van der Waals surface area contributed by atoms with Crippen molar-refractivity contribution in [3.8, 4) is 5.75 Å². The Labute approximate surface area is 138 Å². The predicted octanol–water partition coefficient (Wildman–Crippen LogP) is 3.42. The molecule has 1 saturated heterocycles. The van der Waals surface area contributed by atoms with E-state index in [4.69, 9.17) is 21.1 Å². The molecule has 0 aliphatic carbocycles. The number of ether oxygens (including phenoxy) is 2. The topological polar surface area (TPSA) is 55.8 Å². The SMILES string of the molecule is COCCCN1C(=O)S/C(=C/c2cc(Cl)ccc2OC)C1=O. The third-order valence-electron chi connectivity index (χ3n) is 3.08. The highest BCUT2D eigenvalue weighted by atomic mass is 35.5. The van der Waals surface area contributed by atoms with Crippen LogP contribution in [0.15, 0.2) is 23.1 Å². The van der Waals surface area contributed by atoms with Gasteiger partial charge in [0.25, 0.3) is 11.1 Å².